The molecule has 1 saturated carbocycles. The Bertz CT molecular complexity index is 62.4. The number of hydrogen-bond donors (Lipinski definition) is 1. The van der Waals surface area contributed by atoms with Gasteiger partial charge in [-0.15, -0.1) is 0 Å². The van der Waals surface area contributed by atoms with Gasteiger partial charge in [-0.25, -0.2) is 0 Å². The Morgan fingerprint density at radius 3 is 2.10 bits per heavy atom. The van der Waals surface area contributed by atoms with Gasteiger partial charge in [-0.05, 0) is 18.8 Å². The molecule has 62 valence electrons. The van der Waals surface area contributed by atoms with Gasteiger partial charge in [-0.2, -0.15) is 0 Å². The van der Waals surface area contributed by atoms with Gasteiger partial charge in [0.2, 0.25) is 0 Å². The Morgan fingerprint density at radius 1 is 1.30 bits per heavy atom. The second-order valence-electron chi connectivity index (χ2n) is 2.78. The molecule has 0 heterocycles. The molecule has 0 amide bonds. The van der Waals surface area contributed by atoms with Crippen molar-refractivity contribution in [1.29, 1.82) is 0 Å². The largest absolute Gasteiger partial charge is 0.393 e. The molecule has 0 spiro atoms. The van der Waals surface area contributed by atoms with Crippen LogP contribution in [0, 0.1) is 5.92 Å². The molecule has 10 heavy (non-hydrogen) atoms. The van der Waals surface area contributed by atoms with E-state index in [4.69, 9.17) is 5.11 Å². The van der Waals surface area contributed by atoms with Crippen LogP contribution in [0.25, 0.3) is 0 Å². The Morgan fingerprint density at radius 2 is 1.80 bits per heavy atom. The van der Waals surface area contributed by atoms with Crippen molar-refractivity contribution in [3.8, 4) is 0 Å². The van der Waals surface area contributed by atoms with Crippen LogP contribution in [0.15, 0.2) is 0 Å². The molecule has 0 saturated heterocycles. The molecule has 0 aliphatic heterocycles. The fourth-order valence-corrected chi connectivity index (χ4v) is 1.34. The summed E-state index contributed by atoms with van der Waals surface area (Å²) in [6.07, 6.45) is 4.77. The molecule has 0 radical (unpaired) electrons. The van der Waals surface area contributed by atoms with Crippen LogP contribution in [0.4, 0.5) is 0 Å². The summed E-state index contributed by atoms with van der Waals surface area (Å²) in [6.45, 7) is 6.20. The predicted molar refractivity (Wildman–Crippen MR) is 45.0 cm³/mol. The van der Waals surface area contributed by atoms with Crippen molar-refractivity contribution >= 4 is 0 Å². The maximum atomic E-state index is 8.84. The van der Waals surface area contributed by atoms with E-state index in [2.05, 4.69) is 6.92 Å². The molecule has 0 aromatic rings. The number of aliphatic hydroxyl groups is 1. The van der Waals surface area contributed by atoms with E-state index in [1.54, 1.807) is 0 Å². The third-order valence-electron chi connectivity index (χ3n) is 1.91. The van der Waals surface area contributed by atoms with Gasteiger partial charge in [-0.1, -0.05) is 33.6 Å². The molecule has 0 unspecified atom stereocenters. The zero-order valence-corrected chi connectivity index (χ0v) is 7.43. The highest BCUT2D eigenvalue weighted by Gasteiger charge is 2.25. The van der Waals surface area contributed by atoms with Gasteiger partial charge in [0.15, 0.2) is 0 Å². The molecule has 0 aromatic heterocycles. The highest BCUT2D eigenvalue weighted by molar-refractivity contribution is 4.77. The quantitative estimate of drug-likeness (QED) is 0.631. The molecule has 1 aliphatic carbocycles. The van der Waals surface area contributed by atoms with Gasteiger partial charge in [0.25, 0.3) is 0 Å². The molecule has 1 fully saturated rings. The van der Waals surface area contributed by atoms with E-state index in [1.807, 2.05) is 13.8 Å². The van der Waals surface area contributed by atoms with Crippen LogP contribution in [0.3, 0.4) is 0 Å². The van der Waals surface area contributed by atoms with E-state index in [0.717, 1.165) is 18.8 Å². The van der Waals surface area contributed by atoms with E-state index in [9.17, 15) is 0 Å². The lowest BCUT2D eigenvalue weighted by atomic mass is 9.80. The maximum absolute atomic E-state index is 8.84. The molecule has 1 nitrogen and oxygen atoms in total. The first-order valence-corrected chi connectivity index (χ1v) is 4.51. The average molecular weight is 144 g/mol. The minimum atomic E-state index is 0.0477. The molecule has 0 bridgehead atoms. The minimum Gasteiger partial charge on any atom is -0.393 e. The topological polar surface area (TPSA) is 20.2 Å². The molecule has 1 N–H and O–H groups in total. The van der Waals surface area contributed by atoms with Crippen molar-refractivity contribution in [3.05, 3.63) is 0 Å². The van der Waals surface area contributed by atoms with Crippen LogP contribution in [0.5, 0.6) is 0 Å². The smallest absolute Gasteiger partial charge is 0.0545 e. The van der Waals surface area contributed by atoms with E-state index in [-0.39, 0.29) is 6.10 Å². The van der Waals surface area contributed by atoms with Crippen molar-refractivity contribution < 1.29 is 5.11 Å². The number of rotatable bonds is 2. The summed E-state index contributed by atoms with van der Waals surface area (Å²) in [7, 11) is 0. The molecular weight excluding hydrogens is 124 g/mol. The van der Waals surface area contributed by atoms with E-state index in [1.165, 1.54) is 12.8 Å². The first-order valence-electron chi connectivity index (χ1n) is 4.51. The summed E-state index contributed by atoms with van der Waals surface area (Å²) in [6, 6.07) is 0. The van der Waals surface area contributed by atoms with E-state index < -0.39 is 0 Å². The zero-order chi connectivity index (χ0) is 7.98. The van der Waals surface area contributed by atoms with Crippen molar-refractivity contribution in [2.75, 3.05) is 0 Å². The van der Waals surface area contributed by atoms with E-state index >= 15 is 0 Å². The summed E-state index contributed by atoms with van der Waals surface area (Å²) >= 11 is 0. The van der Waals surface area contributed by atoms with Crippen LogP contribution >= 0.6 is 0 Å². The standard InChI is InChI=1S/C7H14O.C2H6/c1-2-3-6-4-7(8)5-6;1-2/h6-8H,2-5H2,1H3;1-2H3. The molecule has 0 aromatic carbocycles. The second-order valence-corrected chi connectivity index (χ2v) is 2.78. The lowest BCUT2D eigenvalue weighted by Gasteiger charge is -2.30. The van der Waals surface area contributed by atoms with Crippen LogP contribution < -0.4 is 0 Å². The fourth-order valence-electron chi connectivity index (χ4n) is 1.34. The van der Waals surface area contributed by atoms with Crippen LogP contribution in [-0.4, -0.2) is 11.2 Å². The van der Waals surface area contributed by atoms with Crippen LogP contribution in [-0.2, 0) is 0 Å². The summed E-state index contributed by atoms with van der Waals surface area (Å²) in [5.41, 5.74) is 0. The monoisotopic (exact) mass is 144 g/mol. The minimum absolute atomic E-state index is 0.0477. The average Bonchev–Trinajstić information content (AvgIpc) is 1.90. The summed E-state index contributed by atoms with van der Waals surface area (Å²) in [5, 5.41) is 8.84. The Balaban J connectivity index is 0.000000371. The fraction of sp³-hybridized carbons (Fsp3) is 1.00. The van der Waals surface area contributed by atoms with Gasteiger partial charge in [-0.3, -0.25) is 0 Å². The predicted octanol–water partition coefficient (Wildman–Crippen LogP) is 2.58. The summed E-state index contributed by atoms with van der Waals surface area (Å²) in [4.78, 5) is 0. The summed E-state index contributed by atoms with van der Waals surface area (Å²) < 4.78 is 0. The van der Waals surface area contributed by atoms with Crippen molar-refractivity contribution in [2.24, 2.45) is 5.92 Å². The molecule has 0 atom stereocenters. The van der Waals surface area contributed by atoms with Gasteiger partial charge in [0.05, 0.1) is 6.10 Å². The maximum Gasteiger partial charge on any atom is 0.0545 e. The Kier molecular flexibility index (Phi) is 5.70. The Hall–Kier alpha value is -0.0400. The highest BCUT2D eigenvalue weighted by Crippen LogP contribution is 2.30. The normalized spacial score (nSPS) is 30.0. The first-order chi connectivity index (χ1) is 4.83. The van der Waals surface area contributed by atoms with Crippen molar-refractivity contribution in [2.45, 2.75) is 52.6 Å². The van der Waals surface area contributed by atoms with Gasteiger partial charge < -0.3 is 5.11 Å². The second kappa shape index (κ2) is 5.72. The highest BCUT2D eigenvalue weighted by atomic mass is 16.3. The van der Waals surface area contributed by atoms with Crippen molar-refractivity contribution in [1.82, 2.24) is 0 Å². The summed E-state index contributed by atoms with van der Waals surface area (Å²) in [5.74, 6) is 0.856. The lowest BCUT2D eigenvalue weighted by molar-refractivity contribution is 0.0389. The van der Waals surface area contributed by atoms with Gasteiger partial charge in [0, 0.05) is 0 Å². The SMILES string of the molecule is CC.CCCC1CC(O)C1. The van der Waals surface area contributed by atoms with Crippen LogP contribution in [0.1, 0.15) is 46.5 Å². The Labute approximate surface area is 64.5 Å². The number of aliphatic hydroxyl groups excluding tert-OH is 1. The number of hydrogen-bond acceptors (Lipinski definition) is 1. The molecule has 1 rings (SSSR count). The lowest BCUT2D eigenvalue weighted by Crippen LogP contribution is -2.27. The first kappa shape index (κ1) is 9.96. The molecular formula is C9H20O. The van der Waals surface area contributed by atoms with Crippen LogP contribution in [0.2, 0.25) is 0 Å². The van der Waals surface area contributed by atoms with Gasteiger partial charge in [0.1, 0.15) is 0 Å². The van der Waals surface area contributed by atoms with Crippen molar-refractivity contribution in [3.63, 3.8) is 0 Å². The van der Waals surface area contributed by atoms with E-state index in [0.29, 0.717) is 0 Å². The molecule has 1 heteroatoms. The molecule has 1 aliphatic rings. The third-order valence-corrected chi connectivity index (χ3v) is 1.91. The zero-order valence-electron chi connectivity index (χ0n) is 7.43. The van der Waals surface area contributed by atoms with Gasteiger partial charge >= 0.3 is 0 Å². The third kappa shape index (κ3) is 3.21.